The van der Waals surface area contributed by atoms with E-state index in [1.807, 2.05) is 0 Å². The molecule has 0 N–H and O–H groups in total. The number of fused-ring (bicyclic) bond motifs is 4. The van der Waals surface area contributed by atoms with E-state index in [1.54, 1.807) is 0 Å². The summed E-state index contributed by atoms with van der Waals surface area (Å²) < 4.78 is 0. The van der Waals surface area contributed by atoms with Gasteiger partial charge in [0.1, 0.15) is 0 Å². The molecule has 0 unspecified atom stereocenters. The molecule has 0 saturated carbocycles. The smallest absolute Gasteiger partial charge is 0.0540 e. The number of para-hydroxylation sites is 1. The van der Waals surface area contributed by atoms with Gasteiger partial charge in [0.05, 0.1) is 5.69 Å². The fraction of sp³-hybridized carbons (Fsp3) is 0. The molecule has 0 heterocycles. The zero-order valence-electron chi connectivity index (χ0n) is 30.3. The van der Waals surface area contributed by atoms with E-state index in [4.69, 9.17) is 0 Å². The van der Waals surface area contributed by atoms with Crippen LogP contribution in [-0.2, 0) is 0 Å². The molecule has 10 aromatic carbocycles. The number of hydrogen-bond donors (Lipinski definition) is 0. The van der Waals surface area contributed by atoms with Gasteiger partial charge in [0.25, 0.3) is 0 Å². The summed E-state index contributed by atoms with van der Waals surface area (Å²) in [5.74, 6) is 0. The SMILES string of the molecule is c1ccc(-c2ccc(N(c3cccc(-c4cccc5c4ccc4ccccc45)c3)c3ccccc3-c3cccc4cccc(-c5ccccc5)c34)cc2)cc1. The van der Waals surface area contributed by atoms with Gasteiger partial charge < -0.3 is 4.90 Å². The molecule has 10 rings (SSSR count). The molecule has 0 saturated heterocycles. The third-order valence-electron chi connectivity index (χ3n) is 10.9. The van der Waals surface area contributed by atoms with Crippen LogP contribution in [0.25, 0.3) is 76.8 Å². The van der Waals surface area contributed by atoms with Crippen molar-refractivity contribution in [3.63, 3.8) is 0 Å². The van der Waals surface area contributed by atoms with Crippen molar-refractivity contribution in [2.75, 3.05) is 4.90 Å². The maximum atomic E-state index is 2.43. The highest BCUT2D eigenvalue weighted by Gasteiger charge is 2.20. The van der Waals surface area contributed by atoms with Gasteiger partial charge in [-0.25, -0.2) is 0 Å². The van der Waals surface area contributed by atoms with Crippen LogP contribution in [0.1, 0.15) is 0 Å². The van der Waals surface area contributed by atoms with Gasteiger partial charge in [-0.15, -0.1) is 0 Å². The second kappa shape index (κ2) is 14.0. The first kappa shape index (κ1) is 32.4. The molecule has 0 radical (unpaired) electrons. The standard InChI is InChI=1S/C54H37N/c1-3-15-38(16-4-1)39-31-34-44(35-32-39)55(45-23-11-22-43(37-45)47-26-14-28-49-46-24-8-7-19-41(46)33-36-50(47)49)53-30-10-9-25-51(53)52-29-13-21-42-20-12-27-48(54(42)52)40-17-5-2-6-18-40/h1-37H. The highest BCUT2D eigenvalue weighted by molar-refractivity contribution is 6.12. The van der Waals surface area contributed by atoms with Crippen molar-refractivity contribution in [3.05, 3.63) is 224 Å². The summed E-state index contributed by atoms with van der Waals surface area (Å²) in [5, 5.41) is 7.52. The summed E-state index contributed by atoms with van der Waals surface area (Å²) in [6.07, 6.45) is 0. The molecular formula is C54H37N. The monoisotopic (exact) mass is 699 g/mol. The molecule has 1 heteroatoms. The van der Waals surface area contributed by atoms with Gasteiger partial charge in [0, 0.05) is 16.9 Å². The first-order chi connectivity index (χ1) is 27.3. The van der Waals surface area contributed by atoms with Crippen molar-refractivity contribution in [3.8, 4) is 44.5 Å². The van der Waals surface area contributed by atoms with E-state index in [-0.39, 0.29) is 0 Å². The first-order valence-electron chi connectivity index (χ1n) is 18.9. The molecule has 258 valence electrons. The van der Waals surface area contributed by atoms with Crippen LogP contribution < -0.4 is 4.90 Å². The number of rotatable bonds is 7. The molecule has 0 spiro atoms. The highest BCUT2D eigenvalue weighted by Crippen LogP contribution is 2.46. The first-order valence-corrected chi connectivity index (χ1v) is 18.9. The minimum atomic E-state index is 1.09. The zero-order valence-corrected chi connectivity index (χ0v) is 30.3. The molecule has 0 aliphatic carbocycles. The summed E-state index contributed by atoms with van der Waals surface area (Å²) >= 11 is 0. The Hall–Kier alpha value is -7.22. The minimum Gasteiger partial charge on any atom is -0.310 e. The summed E-state index contributed by atoms with van der Waals surface area (Å²) in [6, 6.07) is 81.5. The average Bonchev–Trinajstić information content (AvgIpc) is 3.27. The predicted octanol–water partition coefficient (Wildman–Crippen LogP) is 15.3. The topological polar surface area (TPSA) is 3.24 Å². The van der Waals surface area contributed by atoms with E-state index in [0.29, 0.717) is 0 Å². The van der Waals surface area contributed by atoms with Crippen LogP contribution >= 0.6 is 0 Å². The molecule has 0 aromatic heterocycles. The van der Waals surface area contributed by atoms with Gasteiger partial charge in [-0.3, -0.25) is 0 Å². The third kappa shape index (κ3) is 5.93. The fourth-order valence-electron chi connectivity index (χ4n) is 8.29. The Morgan fingerprint density at radius 3 is 1.64 bits per heavy atom. The Morgan fingerprint density at radius 2 is 0.818 bits per heavy atom. The van der Waals surface area contributed by atoms with Gasteiger partial charge >= 0.3 is 0 Å². The van der Waals surface area contributed by atoms with E-state index in [2.05, 4.69) is 229 Å². The molecule has 10 aromatic rings. The summed E-state index contributed by atoms with van der Waals surface area (Å²) in [7, 11) is 0. The Kier molecular flexibility index (Phi) is 8.24. The van der Waals surface area contributed by atoms with E-state index in [9.17, 15) is 0 Å². The third-order valence-corrected chi connectivity index (χ3v) is 10.9. The number of hydrogen-bond acceptors (Lipinski definition) is 1. The van der Waals surface area contributed by atoms with E-state index in [0.717, 1.165) is 17.1 Å². The van der Waals surface area contributed by atoms with E-state index in [1.165, 1.54) is 76.8 Å². The Morgan fingerprint density at radius 1 is 0.255 bits per heavy atom. The minimum absolute atomic E-state index is 1.09. The van der Waals surface area contributed by atoms with Crippen molar-refractivity contribution < 1.29 is 0 Å². The molecule has 0 bridgehead atoms. The maximum absolute atomic E-state index is 2.43. The van der Waals surface area contributed by atoms with Crippen molar-refractivity contribution in [2.24, 2.45) is 0 Å². The predicted molar refractivity (Wildman–Crippen MR) is 235 cm³/mol. The molecule has 0 atom stereocenters. The summed E-state index contributed by atoms with van der Waals surface area (Å²) in [4.78, 5) is 2.43. The normalized spacial score (nSPS) is 11.3. The van der Waals surface area contributed by atoms with Crippen LogP contribution in [-0.4, -0.2) is 0 Å². The lowest BCUT2D eigenvalue weighted by atomic mass is 9.90. The lowest BCUT2D eigenvalue weighted by Crippen LogP contribution is -2.11. The zero-order chi connectivity index (χ0) is 36.6. The largest absolute Gasteiger partial charge is 0.310 e. The number of benzene rings is 10. The maximum Gasteiger partial charge on any atom is 0.0540 e. The van der Waals surface area contributed by atoms with Crippen molar-refractivity contribution in [2.45, 2.75) is 0 Å². The fourth-order valence-corrected chi connectivity index (χ4v) is 8.29. The van der Waals surface area contributed by atoms with E-state index < -0.39 is 0 Å². The quantitative estimate of drug-likeness (QED) is 0.150. The van der Waals surface area contributed by atoms with Gasteiger partial charge in [-0.2, -0.15) is 0 Å². The Labute approximate surface area is 322 Å². The van der Waals surface area contributed by atoms with Gasteiger partial charge in [0.15, 0.2) is 0 Å². The number of anilines is 3. The molecule has 55 heavy (non-hydrogen) atoms. The highest BCUT2D eigenvalue weighted by atomic mass is 15.1. The average molecular weight is 700 g/mol. The van der Waals surface area contributed by atoms with Crippen LogP contribution in [0.3, 0.4) is 0 Å². The van der Waals surface area contributed by atoms with Crippen LogP contribution in [0.5, 0.6) is 0 Å². The summed E-state index contributed by atoms with van der Waals surface area (Å²) in [6.45, 7) is 0. The van der Waals surface area contributed by atoms with Gasteiger partial charge in [-0.1, -0.05) is 194 Å². The molecule has 0 aliphatic rings. The molecule has 0 aliphatic heterocycles. The van der Waals surface area contributed by atoms with Crippen molar-refractivity contribution >= 4 is 49.4 Å². The lowest BCUT2D eigenvalue weighted by Gasteiger charge is -2.29. The van der Waals surface area contributed by atoms with Gasteiger partial charge in [0.2, 0.25) is 0 Å². The van der Waals surface area contributed by atoms with Crippen LogP contribution in [0.2, 0.25) is 0 Å². The molecule has 0 fully saturated rings. The molecule has 1 nitrogen and oxygen atoms in total. The Bertz CT molecular complexity index is 2960. The molecule has 0 amide bonds. The van der Waals surface area contributed by atoms with Crippen LogP contribution in [0.4, 0.5) is 17.1 Å². The Balaban J connectivity index is 1.18. The van der Waals surface area contributed by atoms with E-state index >= 15 is 0 Å². The number of nitrogens with zero attached hydrogens (tertiary/aromatic N) is 1. The van der Waals surface area contributed by atoms with Crippen molar-refractivity contribution in [1.82, 2.24) is 0 Å². The molecular weight excluding hydrogens is 663 g/mol. The summed E-state index contributed by atoms with van der Waals surface area (Å²) in [5.41, 5.74) is 12.9. The van der Waals surface area contributed by atoms with Crippen LogP contribution in [0, 0.1) is 0 Å². The van der Waals surface area contributed by atoms with Gasteiger partial charge in [-0.05, 0) is 102 Å². The second-order valence-corrected chi connectivity index (χ2v) is 14.1. The lowest BCUT2D eigenvalue weighted by molar-refractivity contribution is 1.28. The van der Waals surface area contributed by atoms with Crippen molar-refractivity contribution in [1.29, 1.82) is 0 Å². The second-order valence-electron chi connectivity index (χ2n) is 14.1. The van der Waals surface area contributed by atoms with Crippen LogP contribution in [0.15, 0.2) is 224 Å².